The van der Waals surface area contributed by atoms with Crippen molar-refractivity contribution in [3.63, 3.8) is 0 Å². The molecule has 172 valence electrons. The Balaban J connectivity index is 1.81. The zero-order valence-corrected chi connectivity index (χ0v) is 19.8. The van der Waals surface area contributed by atoms with Crippen molar-refractivity contribution in [2.75, 3.05) is 6.54 Å². The number of benzene rings is 3. The lowest BCUT2D eigenvalue weighted by Crippen LogP contribution is -2.39. The number of rotatable bonds is 8. The van der Waals surface area contributed by atoms with Gasteiger partial charge in [-0.1, -0.05) is 65.2 Å². The minimum atomic E-state index is -4.10. The van der Waals surface area contributed by atoms with Gasteiger partial charge in [-0.3, -0.25) is 4.79 Å². The number of hydrazone groups is 1. The fraction of sp³-hybridized carbons (Fsp3) is 0.130. The Kier molecular flexibility index (Phi) is 8.20. The van der Waals surface area contributed by atoms with Gasteiger partial charge in [0, 0.05) is 22.7 Å². The molecule has 0 unspecified atom stereocenters. The van der Waals surface area contributed by atoms with E-state index in [0.29, 0.717) is 15.6 Å². The fourth-order valence-electron chi connectivity index (χ4n) is 2.88. The first-order valence-electron chi connectivity index (χ1n) is 9.74. The van der Waals surface area contributed by atoms with Crippen molar-refractivity contribution in [3.8, 4) is 0 Å². The number of sulfonamides is 1. The van der Waals surface area contributed by atoms with Gasteiger partial charge in [-0.15, -0.1) is 0 Å². The predicted octanol–water partition coefficient (Wildman–Crippen LogP) is 4.78. The van der Waals surface area contributed by atoms with Crippen LogP contribution in [0.4, 0.5) is 4.39 Å². The minimum Gasteiger partial charge on any atom is -0.272 e. The summed E-state index contributed by atoms with van der Waals surface area (Å²) in [7, 11) is -4.10. The lowest BCUT2D eigenvalue weighted by molar-refractivity contribution is -0.121. The number of hydrogen-bond acceptors (Lipinski definition) is 4. The Morgan fingerprint density at radius 1 is 1.09 bits per heavy atom. The van der Waals surface area contributed by atoms with Crippen molar-refractivity contribution >= 4 is 45.3 Å². The van der Waals surface area contributed by atoms with Crippen LogP contribution < -0.4 is 5.43 Å². The van der Waals surface area contributed by atoms with Gasteiger partial charge < -0.3 is 0 Å². The molecule has 0 saturated heterocycles. The maximum atomic E-state index is 14.2. The van der Waals surface area contributed by atoms with Gasteiger partial charge in [0.1, 0.15) is 5.82 Å². The topological polar surface area (TPSA) is 78.8 Å². The van der Waals surface area contributed by atoms with E-state index >= 15 is 0 Å². The van der Waals surface area contributed by atoms with E-state index < -0.39 is 28.3 Å². The Morgan fingerprint density at radius 2 is 1.79 bits per heavy atom. The normalized spacial score (nSPS) is 11.8. The van der Waals surface area contributed by atoms with E-state index in [2.05, 4.69) is 10.5 Å². The molecular formula is C23H20Cl2FN3O3S. The molecule has 33 heavy (non-hydrogen) atoms. The summed E-state index contributed by atoms with van der Waals surface area (Å²) in [6.45, 7) is 0.922. The summed E-state index contributed by atoms with van der Waals surface area (Å²) >= 11 is 11.9. The van der Waals surface area contributed by atoms with E-state index in [-0.39, 0.29) is 17.0 Å². The van der Waals surface area contributed by atoms with Crippen LogP contribution in [-0.2, 0) is 21.4 Å². The van der Waals surface area contributed by atoms with Gasteiger partial charge in [0.2, 0.25) is 10.0 Å². The zero-order chi connectivity index (χ0) is 24.0. The first-order chi connectivity index (χ1) is 15.7. The molecule has 0 atom stereocenters. The van der Waals surface area contributed by atoms with Crippen molar-refractivity contribution in [2.24, 2.45) is 5.10 Å². The zero-order valence-electron chi connectivity index (χ0n) is 17.5. The highest BCUT2D eigenvalue weighted by molar-refractivity contribution is 7.89. The molecule has 0 aromatic heterocycles. The molecule has 3 aromatic carbocycles. The van der Waals surface area contributed by atoms with Gasteiger partial charge in [0.25, 0.3) is 5.91 Å². The molecule has 0 radical (unpaired) electrons. The van der Waals surface area contributed by atoms with Crippen LogP contribution in [0.1, 0.15) is 16.7 Å². The van der Waals surface area contributed by atoms with Crippen molar-refractivity contribution in [1.82, 2.24) is 9.73 Å². The van der Waals surface area contributed by atoms with Gasteiger partial charge in [0.15, 0.2) is 0 Å². The molecule has 1 amide bonds. The summed E-state index contributed by atoms with van der Waals surface area (Å²) < 4.78 is 41.6. The molecule has 0 bridgehead atoms. The summed E-state index contributed by atoms with van der Waals surface area (Å²) in [6.07, 6.45) is 1.31. The lowest BCUT2D eigenvalue weighted by atomic mass is 10.2. The fourth-order valence-corrected chi connectivity index (χ4v) is 4.71. The molecule has 0 fully saturated rings. The van der Waals surface area contributed by atoms with Crippen LogP contribution in [0.15, 0.2) is 76.7 Å². The van der Waals surface area contributed by atoms with E-state index in [1.54, 1.807) is 30.3 Å². The molecule has 1 N–H and O–H groups in total. The monoisotopic (exact) mass is 507 g/mol. The maximum Gasteiger partial charge on any atom is 0.255 e. The number of amides is 1. The van der Waals surface area contributed by atoms with Gasteiger partial charge in [-0.25, -0.2) is 18.2 Å². The molecule has 10 heteroatoms. The van der Waals surface area contributed by atoms with Crippen LogP contribution in [0.2, 0.25) is 10.0 Å². The third-order valence-electron chi connectivity index (χ3n) is 4.64. The van der Waals surface area contributed by atoms with Crippen molar-refractivity contribution in [1.29, 1.82) is 0 Å². The maximum absolute atomic E-state index is 14.2. The molecule has 0 spiro atoms. The first-order valence-corrected chi connectivity index (χ1v) is 11.9. The molecule has 0 aliphatic heterocycles. The highest BCUT2D eigenvalue weighted by atomic mass is 35.5. The quantitative estimate of drug-likeness (QED) is 0.351. The first kappa shape index (κ1) is 24.9. The number of carbonyl (C=O) groups is 1. The third-order valence-corrected chi connectivity index (χ3v) is 7.01. The third kappa shape index (κ3) is 6.61. The van der Waals surface area contributed by atoms with Crippen LogP contribution in [0.25, 0.3) is 0 Å². The summed E-state index contributed by atoms with van der Waals surface area (Å²) in [6, 6.07) is 16.7. The molecular weight excluding hydrogens is 488 g/mol. The number of nitrogens with one attached hydrogen (secondary N) is 1. The largest absolute Gasteiger partial charge is 0.272 e. The van der Waals surface area contributed by atoms with Crippen LogP contribution >= 0.6 is 23.2 Å². The van der Waals surface area contributed by atoms with E-state index in [1.165, 1.54) is 42.6 Å². The SMILES string of the molecule is Cc1ccc(S(=O)(=O)N(CC(=O)N/N=C\c2ccc(Cl)cc2Cl)Cc2ccccc2F)cc1. The van der Waals surface area contributed by atoms with Crippen LogP contribution in [0, 0.1) is 12.7 Å². The lowest BCUT2D eigenvalue weighted by Gasteiger charge is -2.22. The summed E-state index contributed by atoms with van der Waals surface area (Å²) in [5.41, 5.74) is 3.80. The molecule has 0 heterocycles. The highest BCUT2D eigenvalue weighted by Gasteiger charge is 2.27. The number of aryl methyl sites for hydroxylation is 1. The average molecular weight is 508 g/mol. The molecule has 3 aromatic rings. The number of carbonyl (C=O) groups excluding carboxylic acids is 1. The van der Waals surface area contributed by atoms with Crippen LogP contribution in [0.3, 0.4) is 0 Å². The number of halogens is 3. The summed E-state index contributed by atoms with van der Waals surface area (Å²) in [4.78, 5) is 12.5. The molecule has 3 rings (SSSR count). The van der Waals surface area contributed by atoms with Crippen LogP contribution in [-0.4, -0.2) is 31.4 Å². The van der Waals surface area contributed by atoms with E-state index in [0.717, 1.165) is 9.87 Å². The second-order valence-electron chi connectivity index (χ2n) is 7.14. The number of hydrogen-bond donors (Lipinski definition) is 1. The number of nitrogens with zero attached hydrogens (tertiary/aromatic N) is 2. The van der Waals surface area contributed by atoms with E-state index in [9.17, 15) is 17.6 Å². The Bertz CT molecular complexity index is 1280. The standard InChI is InChI=1S/C23H20Cl2FN3O3S/c1-16-6-10-20(11-7-16)33(31,32)29(14-18-4-2-3-5-22(18)26)15-23(30)28-27-13-17-8-9-19(24)12-21(17)25/h2-13H,14-15H2,1H3,(H,28,30)/b27-13-. The average Bonchev–Trinajstić information content (AvgIpc) is 2.76. The second kappa shape index (κ2) is 10.9. The Labute approximate surface area is 201 Å². The molecule has 6 nitrogen and oxygen atoms in total. The van der Waals surface area contributed by atoms with E-state index in [1.807, 2.05) is 6.92 Å². The second-order valence-corrected chi connectivity index (χ2v) is 9.92. The molecule has 0 aliphatic carbocycles. The smallest absolute Gasteiger partial charge is 0.255 e. The Hall–Kier alpha value is -2.78. The van der Waals surface area contributed by atoms with Crippen molar-refractivity contribution in [2.45, 2.75) is 18.4 Å². The Morgan fingerprint density at radius 3 is 2.45 bits per heavy atom. The molecule has 0 saturated carbocycles. The van der Waals surface area contributed by atoms with Gasteiger partial charge in [-0.05, 0) is 37.3 Å². The van der Waals surface area contributed by atoms with Crippen molar-refractivity contribution in [3.05, 3.63) is 99.3 Å². The van der Waals surface area contributed by atoms with Gasteiger partial charge >= 0.3 is 0 Å². The van der Waals surface area contributed by atoms with Gasteiger partial charge in [0.05, 0.1) is 22.7 Å². The minimum absolute atomic E-state index is 0.00585. The van der Waals surface area contributed by atoms with E-state index in [4.69, 9.17) is 23.2 Å². The van der Waals surface area contributed by atoms with Crippen LogP contribution in [0.5, 0.6) is 0 Å². The predicted molar refractivity (Wildman–Crippen MR) is 127 cm³/mol. The highest BCUT2D eigenvalue weighted by Crippen LogP contribution is 2.21. The molecule has 0 aliphatic rings. The summed E-state index contributed by atoms with van der Waals surface area (Å²) in [5.74, 6) is -1.28. The summed E-state index contributed by atoms with van der Waals surface area (Å²) in [5, 5.41) is 4.62. The van der Waals surface area contributed by atoms with Gasteiger partial charge in [-0.2, -0.15) is 9.41 Å². The van der Waals surface area contributed by atoms with Crippen molar-refractivity contribution < 1.29 is 17.6 Å².